The molecule has 0 aliphatic heterocycles. The summed E-state index contributed by atoms with van der Waals surface area (Å²) in [6.07, 6.45) is -0.126. The second-order valence-electron chi connectivity index (χ2n) is 9.47. The van der Waals surface area contributed by atoms with E-state index in [9.17, 15) is 30.0 Å². The minimum Gasteiger partial charge on any atom is -0.459 e. The van der Waals surface area contributed by atoms with Crippen LogP contribution >= 0.6 is 0 Å². The molecule has 0 bridgehead atoms. The molecule has 0 heterocycles. The minimum absolute atomic E-state index is 0.0132. The average Bonchev–Trinajstić information content (AvgIpc) is 2.90. The van der Waals surface area contributed by atoms with Crippen molar-refractivity contribution in [2.45, 2.75) is 83.4 Å². The topological polar surface area (TPSA) is 124 Å². The number of ketones is 1. The summed E-state index contributed by atoms with van der Waals surface area (Å²) < 4.78 is 5.56. The van der Waals surface area contributed by atoms with Crippen LogP contribution in [0.15, 0.2) is 24.3 Å². The highest BCUT2D eigenvalue weighted by atomic mass is 16.6. The van der Waals surface area contributed by atoms with Crippen LogP contribution in [0.3, 0.4) is 0 Å². The Labute approximate surface area is 178 Å². The van der Waals surface area contributed by atoms with E-state index in [2.05, 4.69) is 6.58 Å². The maximum Gasteiger partial charge on any atom is 0.306 e. The van der Waals surface area contributed by atoms with E-state index in [1.165, 1.54) is 0 Å². The second kappa shape index (κ2) is 8.91. The summed E-state index contributed by atoms with van der Waals surface area (Å²) >= 11 is 0. The highest BCUT2D eigenvalue weighted by Gasteiger charge is 2.59. The van der Waals surface area contributed by atoms with Crippen molar-refractivity contribution in [3.63, 3.8) is 0 Å². The number of aliphatic hydroxyl groups is 4. The summed E-state index contributed by atoms with van der Waals surface area (Å²) in [6.45, 7) is 12.3. The smallest absolute Gasteiger partial charge is 0.306 e. The van der Waals surface area contributed by atoms with Crippen molar-refractivity contribution in [2.24, 2.45) is 23.7 Å². The fourth-order valence-corrected chi connectivity index (χ4v) is 4.73. The summed E-state index contributed by atoms with van der Waals surface area (Å²) in [5.41, 5.74) is -2.90. The molecule has 0 aromatic rings. The third-order valence-corrected chi connectivity index (χ3v) is 6.79. The molecule has 0 spiro atoms. The van der Waals surface area contributed by atoms with E-state index in [-0.39, 0.29) is 30.8 Å². The van der Waals surface area contributed by atoms with E-state index in [1.54, 1.807) is 46.8 Å². The number of ether oxygens (including phenoxy) is 1. The van der Waals surface area contributed by atoms with E-state index in [0.29, 0.717) is 0 Å². The Morgan fingerprint density at radius 1 is 1.27 bits per heavy atom. The third kappa shape index (κ3) is 4.54. The number of carbonyl (C=O) groups is 2. The van der Waals surface area contributed by atoms with Crippen LogP contribution in [0.2, 0.25) is 0 Å². The van der Waals surface area contributed by atoms with Crippen LogP contribution in [0.1, 0.15) is 53.9 Å². The van der Waals surface area contributed by atoms with Gasteiger partial charge < -0.3 is 25.2 Å². The molecule has 1 saturated carbocycles. The lowest BCUT2D eigenvalue weighted by Gasteiger charge is -2.37. The Hall–Kier alpha value is -1.54. The van der Waals surface area contributed by atoms with Crippen molar-refractivity contribution in [1.29, 1.82) is 0 Å². The number of aliphatic hydroxyl groups excluding tert-OH is 3. The molecular formula is C23H36O7. The first-order valence-electron chi connectivity index (χ1n) is 10.7. The SMILES string of the molecule is C=C1[C@@H](O)C[C@H](C(C)(C)OC(=O)CC)/C=C/[C@@H](C)C(=O)[C@@]2(O)C[C@H](C)[C@H](O)[C@@H]2[C@H]1O. The van der Waals surface area contributed by atoms with Gasteiger partial charge in [-0.25, -0.2) is 0 Å². The molecular weight excluding hydrogens is 388 g/mol. The largest absolute Gasteiger partial charge is 0.459 e. The van der Waals surface area contributed by atoms with Crippen LogP contribution in [-0.2, 0) is 14.3 Å². The number of allylic oxidation sites excluding steroid dienone is 1. The van der Waals surface area contributed by atoms with Crippen molar-refractivity contribution >= 4 is 11.8 Å². The lowest BCUT2D eigenvalue weighted by atomic mass is 9.76. The van der Waals surface area contributed by atoms with Gasteiger partial charge in [-0.05, 0) is 38.2 Å². The highest BCUT2D eigenvalue weighted by Crippen LogP contribution is 2.46. The van der Waals surface area contributed by atoms with Crippen molar-refractivity contribution in [2.75, 3.05) is 0 Å². The first kappa shape index (κ1) is 24.7. The van der Waals surface area contributed by atoms with Gasteiger partial charge in [-0.3, -0.25) is 9.59 Å². The van der Waals surface area contributed by atoms with Gasteiger partial charge in [0.1, 0.15) is 11.2 Å². The molecule has 0 unspecified atom stereocenters. The Bertz CT molecular complexity index is 712. The molecule has 0 radical (unpaired) electrons. The normalized spacial score (nSPS) is 41.7. The number of rotatable bonds is 3. The molecule has 7 nitrogen and oxygen atoms in total. The zero-order valence-corrected chi connectivity index (χ0v) is 18.5. The van der Waals surface area contributed by atoms with E-state index in [4.69, 9.17) is 4.74 Å². The molecule has 170 valence electrons. The fraction of sp³-hybridized carbons (Fsp3) is 0.739. The van der Waals surface area contributed by atoms with Crippen LogP contribution in [0.25, 0.3) is 0 Å². The number of hydrogen-bond donors (Lipinski definition) is 4. The first-order chi connectivity index (χ1) is 13.8. The number of Topliss-reactive ketones (excluding diaryl/α,β-unsaturated/α-hetero) is 1. The predicted octanol–water partition coefficient (Wildman–Crippen LogP) is 1.53. The maximum atomic E-state index is 13.2. The number of hydrogen-bond acceptors (Lipinski definition) is 7. The molecule has 0 saturated heterocycles. The van der Waals surface area contributed by atoms with Crippen LogP contribution in [0, 0.1) is 23.7 Å². The van der Waals surface area contributed by atoms with Gasteiger partial charge >= 0.3 is 5.97 Å². The van der Waals surface area contributed by atoms with Gasteiger partial charge in [-0.1, -0.05) is 39.5 Å². The summed E-state index contributed by atoms with van der Waals surface area (Å²) in [6, 6.07) is 0. The fourth-order valence-electron chi connectivity index (χ4n) is 4.73. The van der Waals surface area contributed by atoms with Gasteiger partial charge in [0.2, 0.25) is 0 Å². The summed E-state index contributed by atoms with van der Waals surface area (Å²) in [7, 11) is 0. The molecule has 4 N–H and O–H groups in total. The third-order valence-electron chi connectivity index (χ3n) is 6.79. The molecule has 2 aliphatic carbocycles. The van der Waals surface area contributed by atoms with E-state index in [0.717, 1.165) is 0 Å². The molecule has 0 aromatic heterocycles. The maximum absolute atomic E-state index is 13.2. The zero-order valence-electron chi connectivity index (χ0n) is 18.5. The van der Waals surface area contributed by atoms with Gasteiger partial charge in [0.15, 0.2) is 5.78 Å². The second-order valence-corrected chi connectivity index (χ2v) is 9.47. The quantitative estimate of drug-likeness (QED) is 0.400. The predicted molar refractivity (Wildman–Crippen MR) is 111 cm³/mol. The average molecular weight is 425 g/mol. The molecule has 2 rings (SSSR count). The highest BCUT2D eigenvalue weighted by molar-refractivity contribution is 5.91. The van der Waals surface area contributed by atoms with Crippen molar-refractivity contribution < 1.29 is 34.8 Å². The molecule has 1 fully saturated rings. The van der Waals surface area contributed by atoms with Crippen LogP contribution < -0.4 is 0 Å². The van der Waals surface area contributed by atoms with Crippen molar-refractivity contribution in [3.05, 3.63) is 24.3 Å². The van der Waals surface area contributed by atoms with E-state index >= 15 is 0 Å². The number of fused-ring (bicyclic) bond motifs is 1. The zero-order chi connectivity index (χ0) is 23.0. The molecule has 0 aromatic carbocycles. The van der Waals surface area contributed by atoms with Gasteiger partial charge in [0.05, 0.1) is 24.2 Å². The van der Waals surface area contributed by atoms with Crippen molar-refractivity contribution in [1.82, 2.24) is 0 Å². The van der Waals surface area contributed by atoms with Crippen LogP contribution in [-0.4, -0.2) is 61.7 Å². The Morgan fingerprint density at radius 2 is 1.87 bits per heavy atom. The lowest BCUT2D eigenvalue weighted by Crippen LogP contribution is -2.52. The summed E-state index contributed by atoms with van der Waals surface area (Å²) in [5.74, 6) is -3.65. The molecule has 8 atom stereocenters. The van der Waals surface area contributed by atoms with Crippen molar-refractivity contribution in [3.8, 4) is 0 Å². The van der Waals surface area contributed by atoms with Crippen LogP contribution in [0.4, 0.5) is 0 Å². The Kier molecular flexibility index (Phi) is 7.34. The summed E-state index contributed by atoms with van der Waals surface area (Å²) in [5, 5.41) is 43.6. The van der Waals surface area contributed by atoms with E-state index in [1.807, 2.05) is 0 Å². The van der Waals surface area contributed by atoms with Crippen LogP contribution in [0.5, 0.6) is 0 Å². The summed E-state index contributed by atoms with van der Waals surface area (Å²) in [4.78, 5) is 25.1. The standard InChI is InChI=1S/C23H36O7/c1-7-17(25)30-22(5,6)15-9-8-12(2)21(28)23(29)11-13(3)19(26)18(23)20(27)14(4)16(24)10-15/h8-9,12-13,15-16,18-20,24,26-27,29H,4,7,10-11H2,1-3,5-6H3/b9-8+/t12-,13+,15-,16+,18-,19+,20+,23-/m1/s1. The van der Waals surface area contributed by atoms with Gasteiger partial charge in [0.25, 0.3) is 0 Å². The monoisotopic (exact) mass is 424 g/mol. The Balaban J connectivity index is 2.49. The van der Waals surface area contributed by atoms with Gasteiger partial charge in [-0.2, -0.15) is 0 Å². The molecule has 0 amide bonds. The van der Waals surface area contributed by atoms with E-state index < -0.39 is 59.0 Å². The van der Waals surface area contributed by atoms with Gasteiger partial charge in [0, 0.05) is 18.3 Å². The number of carbonyl (C=O) groups excluding carboxylic acids is 2. The van der Waals surface area contributed by atoms with Gasteiger partial charge in [-0.15, -0.1) is 0 Å². The first-order valence-corrected chi connectivity index (χ1v) is 10.7. The number of esters is 1. The lowest BCUT2D eigenvalue weighted by molar-refractivity contribution is -0.160. The molecule has 30 heavy (non-hydrogen) atoms. The minimum atomic E-state index is -1.94. The molecule has 2 aliphatic rings. The molecule has 7 heteroatoms. The Morgan fingerprint density at radius 3 is 2.43 bits per heavy atom.